The zero-order valence-corrected chi connectivity index (χ0v) is 20.2. The molecule has 2 amide bonds. The Bertz CT molecular complexity index is 1320. The minimum atomic E-state index is -0.215. The lowest BCUT2D eigenvalue weighted by Gasteiger charge is -2.18. The quantitative estimate of drug-likeness (QED) is 0.397. The Morgan fingerprint density at radius 2 is 1.89 bits per heavy atom. The average molecular weight is 472 g/mol. The summed E-state index contributed by atoms with van der Waals surface area (Å²) in [5.41, 5.74) is 4.56. The zero-order valence-electron chi connectivity index (χ0n) is 20.2. The Labute approximate surface area is 204 Å². The lowest BCUT2D eigenvalue weighted by molar-refractivity contribution is -0.114. The van der Waals surface area contributed by atoms with Crippen LogP contribution in [0.4, 0.5) is 5.69 Å². The number of amides is 2. The number of ether oxygens (including phenoxy) is 1. The molecule has 4 rings (SSSR count). The molecule has 0 fully saturated rings. The smallest absolute Gasteiger partial charge is 0.253 e. The van der Waals surface area contributed by atoms with Crippen molar-refractivity contribution < 1.29 is 14.3 Å². The fourth-order valence-electron chi connectivity index (χ4n) is 3.82. The largest absolute Gasteiger partial charge is 0.492 e. The Kier molecular flexibility index (Phi) is 7.40. The molecule has 0 unspecified atom stereocenters. The first-order chi connectivity index (χ1) is 16.9. The van der Waals surface area contributed by atoms with E-state index < -0.39 is 0 Å². The number of likely N-dealkylation sites (N-methyl/N-ethyl adjacent to an activating group) is 1. The normalized spacial score (nSPS) is 10.8. The number of aromatic nitrogens is 3. The van der Waals surface area contributed by atoms with Crippen molar-refractivity contribution in [2.45, 2.75) is 26.8 Å². The molecule has 0 spiro atoms. The van der Waals surface area contributed by atoms with Crippen LogP contribution in [-0.2, 0) is 17.8 Å². The first-order valence-electron chi connectivity index (χ1n) is 11.5. The molecule has 35 heavy (non-hydrogen) atoms. The SMILES string of the molecule is CC(=O)Nc1cc(C(=O)N(C)CCOc2ccc(C)cc2)cc2ncn(CCc3ccccn3)c12. The lowest BCUT2D eigenvalue weighted by atomic mass is 10.1. The molecule has 0 atom stereocenters. The molecule has 0 aliphatic rings. The predicted molar refractivity (Wildman–Crippen MR) is 136 cm³/mol. The first kappa shape index (κ1) is 23.9. The molecule has 8 heteroatoms. The van der Waals surface area contributed by atoms with Crippen LogP contribution in [0.5, 0.6) is 5.75 Å². The highest BCUT2D eigenvalue weighted by atomic mass is 16.5. The van der Waals surface area contributed by atoms with E-state index in [9.17, 15) is 9.59 Å². The fourth-order valence-corrected chi connectivity index (χ4v) is 3.82. The van der Waals surface area contributed by atoms with E-state index in [0.29, 0.717) is 36.5 Å². The molecule has 0 bridgehead atoms. The van der Waals surface area contributed by atoms with E-state index in [4.69, 9.17) is 4.74 Å². The molecule has 180 valence electrons. The molecule has 2 aromatic heterocycles. The van der Waals surface area contributed by atoms with Gasteiger partial charge in [0.25, 0.3) is 5.91 Å². The third-order valence-corrected chi connectivity index (χ3v) is 5.67. The highest BCUT2D eigenvalue weighted by molar-refractivity contribution is 6.04. The highest BCUT2D eigenvalue weighted by Gasteiger charge is 2.18. The van der Waals surface area contributed by atoms with Crippen LogP contribution in [0.1, 0.15) is 28.5 Å². The number of imidazole rings is 1. The second kappa shape index (κ2) is 10.8. The maximum atomic E-state index is 13.1. The van der Waals surface area contributed by atoms with Gasteiger partial charge in [-0.05, 0) is 43.3 Å². The van der Waals surface area contributed by atoms with Crippen LogP contribution in [0.15, 0.2) is 67.1 Å². The minimum Gasteiger partial charge on any atom is -0.492 e. The number of carbonyl (C=O) groups excluding carboxylic acids is 2. The Balaban J connectivity index is 1.50. The van der Waals surface area contributed by atoms with Gasteiger partial charge in [-0.15, -0.1) is 0 Å². The van der Waals surface area contributed by atoms with Crippen molar-refractivity contribution in [2.75, 3.05) is 25.5 Å². The molecular formula is C27H29N5O3. The van der Waals surface area contributed by atoms with Crippen LogP contribution in [0.25, 0.3) is 11.0 Å². The van der Waals surface area contributed by atoms with Gasteiger partial charge in [-0.2, -0.15) is 0 Å². The van der Waals surface area contributed by atoms with Crippen LogP contribution < -0.4 is 10.1 Å². The summed E-state index contributed by atoms with van der Waals surface area (Å²) in [5.74, 6) is 0.379. The number of hydrogen-bond acceptors (Lipinski definition) is 5. The fraction of sp³-hybridized carbons (Fsp3) is 0.259. The summed E-state index contributed by atoms with van der Waals surface area (Å²) in [6, 6.07) is 17.1. The zero-order chi connectivity index (χ0) is 24.8. The molecule has 1 N–H and O–H groups in total. The van der Waals surface area contributed by atoms with Gasteiger partial charge in [-0.25, -0.2) is 4.98 Å². The minimum absolute atomic E-state index is 0.172. The summed E-state index contributed by atoms with van der Waals surface area (Å²) in [4.78, 5) is 35.5. The van der Waals surface area contributed by atoms with Crippen LogP contribution in [-0.4, -0.2) is 51.4 Å². The van der Waals surface area contributed by atoms with E-state index in [0.717, 1.165) is 28.9 Å². The van der Waals surface area contributed by atoms with E-state index in [1.807, 2.05) is 54.0 Å². The summed E-state index contributed by atoms with van der Waals surface area (Å²) in [7, 11) is 1.73. The summed E-state index contributed by atoms with van der Waals surface area (Å²) < 4.78 is 7.73. The van der Waals surface area contributed by atoms with Crippen molar-refractivity contribution >= 4 is 28.5 Å². The number of nitrogens with zero attached hydrogens (tertiary/aromatic N) is 4. The van der Waals surface area contributed by atoms with Gasteiger partial charge in [0.1, 0.15) is 12.4 Å². The Hall–Kier alpha value is -4.20. The number of anilines is 1. The maximum Gasteiger partial charge on any atom is 0.253 e. The first-order valence-corrected chi connectivity index (χ1v) is 11.5. The van der Waals surface area contributed by atoms with Gasteiger partial charge in [0.15, 0.2) is 0 Å². The second-order valence-corrected chi connectivity index (χ2v) is 8.47. The third kappa shape index (κ3) is 6.03. The monoisotopic (exact) mass is 471 g/mol. The van der Waals surface area contributed by atoms with Gasteiger partial charge >= 0.3 is 0 Å². The van der Waals surface area contributed by atoms with Crippen molar-refractivity contribution in [2.24, 2.45) is 0 Å². The molecule has 2 aromatic carbocycles. The Morgan fingerprint density at radius 1 is 1.09 bits per heavy atom. The van der Waals surface area contributed by atoms with E-state index >= 15 is 0 Å². The van der Waals surface area contributed by atoms with E-state index in [1.54, 1.807) is 36.6 Å². The average Bonchev–Trinajstić information content (AvgIpc) is 3.27. The Morgan fingerprint density at radius 3 is 2.60 bits per heavy atom. The molecule has 0 saturated carbocycles. The second-order valence-electron chi connectivity index (χ2n) is 8.47. The molecule has 0 aliphatic heterocycles. The van der Waals surface area contributed by atoms with E-state index in [1.165, 1.54) is 6.92 Å². The highest BCUT2D eigenvalue weighted by Crippen LogP contribution is 2.26. The van der Waals surface area contributed by atoms with Gasteiger partial charge in [0.05, 0.1) is 29.6 Å². The number of benzene rings is 2. The number of pyridine rings is 1. The third-order valence-electron chi connectivity index (χ3n) is 5.67. The van der Waals surface area contributed by atoms with Crippen molar-refractivity contribution in [3.63, 3.8) is 0 Å². The maximum absolute atomic E-state index is 13.1. The van der Waals surface area contributed by atoms with E-state index in [-0.39, 0.29) is 11.8 Å². The molecular weight excluding hydrogens is 442 g/mol. The van der Waals surface area contributed by atoms with Gasteiger partial charge in [0, 0.05) is 44.4 Å². The van der Waals surface area contributed by atoms with Crippen LogP contribution in [0.3, 0.4) is 0 Å². The predicted octanol–water partition coefficient (Wildman–Crippen LogP) is 4.09. The van der Waals surface area contributed by atoms with Gasteiger partial charge in [-0.1, -0.05) is 23.8 Å². The number of aryl methyl sites for hydroxylation is 3. The summed E-state index contributed by atoms with van der Waals surface area (Å²) in [6.07, 6.45) is 4.22. The van der Waals surface area contributed by atoms with E-state index in [2.05, 4.69) is 15.3 Å². The van der Waals surface area contributed by atoms with Crippen LogP contribution in [0.2, 0.25) is 0 Å². The standard InChI is InChI=1S/C27H29N5O3/c1-19-7-9-23(10-8-19)35-15-14-31(3)27(34)21-16-24-26(25(17-21)30-20(2)33)32(18-29-24)13-11-22-6-4-5-12-28-22/h4-10,12,16-18H,11,13-15H2,1-3H3,(H,30,33). The van der Waals surface area contributed by atoms with Crippen molar-refractivity contribution in [3.05, 3.63) is 83.9 Å². The molecule has 0 aliphatic carbocycles. The van der Waals surface area contributed by atoms with Crippen molar-refractivity contribution in [1.82, 2.24) is 19.4 Å². The summed E-state index contributed by atoms with van der Waals surface area (Å²) >= 11 is 0. The molecule has 2 heterocycles. The number of rotatable bonds is 9. The molecule has 8 nitrogen and oxygen atoms in total. The van der Waals surface area contributed by atoms with Gasteiger partial charge in [-0.3, -0.25) is 14.6 Å². The topological polar surface area (TPSA) is 89.4 Å². The number of fused-ring (bicyclic) bond motifs is 1. The molecule has 0 radical (unpaired) electrons. The summed E-state index contributed by atoms with van der Waals surface area (Å²) in [5, 5.41) is 2.87. The number of hydrogen-bond donors (Lipinski definition) is 1. The lowest BCUT2D eigenvalue weighted by Crippen LogP contribution is -2.31. The number of nitrogens with one attached hydrogen (secondary N) is 1. The summed E-state index contributed by atoms with van der Waals surface area (Å²) in [6.45, 7) is 4.89. The van der Waals surface area contributed by atoms with Crippen molar-refractivity contribution in [1.29, 1.82) is 0 Å². The van der Waals surface area contributed by atoms with Crippen molar-refractivity contribution in [3.8, 4) is 5.75 Å². The number of carbonyl (C=O) groups is 2. The molecule has 4 aromatic rings. The van der Waals surface area contributed by atoms with Gasteiger partial charge < -0.3 is 19.5 Å². The van der Waals surface area contributed by atoms with Gasteiger partial charge in [0.2, 0.25) is 5.91 Å². The molecule has 0 saturated heterocycles. The van der Waals surface area contributed by atoms with Crippen LogP contribution >= 0.6 is 0 Å². The van der Waals surface area contributed by atoms with Crippen LogP contribution in [0, 0.1) is 6.92 Å².